The predicted octanol–water partition coefficient (Wildman–Crippen LogP) is 5.43. The Hall–Kier alpha value is -0.840. The fraction of sp³-hybridized carbons (Fsp3) is 1.00. The maximum Gasteiger partial charge on any atom is 0.431 e. The average Bonchev–Trinajstić information content (AvgIpc) is 2.10. The summed E-state index contributed by atoms with van der Waals surface area (Å²) in [5, 5.41) is 0. The molecule has 0 saturated heterocycles. The van der Waals surface area contributed by atoms with E-state index in [-0.39, 0.29) is 6.92 Å². The largest absolute Gasteiger partial charge is 0.431 e. The fourth-order valence-corrected chi connectivity index (χ4v) is 1.35. The summed E-state index contributed by atoms with van der Waals surface area (Å²) in [7, 11) is 0. The van der Waals surface area contributed by atoms with Gasteiger partial charge in [0.05, 0.1) is 12.3 Å². The number of rotatable bonds is 4. The molecule has 0 bridgehead atoms. The molecule has 0 aromatic carbocycles. The highest BCUT2D eigenvalue weighted by molar-refractivity contribution is 4.98. The van der Waals surface area contributed by atoms with E-state index in [4.69, 9.17) is 0 Å². The molecule has 0 aromatic heterocycles. The first-order valence-electron chi connectivity index (χ1n) is 5.10. The second-order valence-electron chi connectivity index (χ2n) is 4.48. The Morgan fingerprint density at radius 3 is 1.24 bits per heavy atom. The van der Waals surface area contributed by atoms with Crippen LogP contribution in [0.1, 0.15) is 19.8 Å². The van der Waals surface area contributed by atoms with Crippen LogP contribution in [0.4, 0.5) is 52.7 Å². The Labute approximate surface area is 110 Å². The lowest BCUT2D eigenvalue weighted by molar-refractivity contribution is -0.355. The zero-order chi connectivity index (χ0) is 17.5. The van der Waals surface area contributed by atoms with Crippen molar-refractivity contribution in [2.24, 2.45) is 5.92 Å². The molecule has 0 aliphatic carbocycles. The Kier molecular flexibility index (Phi) is 5.20. The van der Waals surface area contributed by atoms with Gasteiger partial charge in [-0.3, -0.25) is 0 Å². The maximum absolute atomic E-state index is 13.0. The number of halogens is 12. The number of hydrogen-bond donors (Lipinski definition) is 0. The van der Waals surface area contributed by atoms with E-state index in [2.05, 4.69) is 0 Å². The molecule has 0 aliphatic heterocycles. The van der Waals surface area contributed by atoms with Gasteiger partial charge in [-0.1, -0.05) is 6.92 Å². The minimum atomic E-state index is -6.74. The molecular formula is C9H8F12. The summed E-state index contributed by atoms with van der Waals surface area (Å²) in [5.74, 6) is -8.06. The van der Waals surface area contributed by atoms with Crippen molar-refractivity contribution in [1.29, 1.82) is 0 Å². The monoisotopic (exact) mass is 344 g/mol. The van der Waals surface area contributed by atoms with Gasteiger partial charge in [0.2, 0.25) is 0 Å². The van der Waals surface area contributed by atoms with Crippen molar-refractivity contribution >= 4 is 0 Å². The van der Waals surface area contributed by atoms with Gasteiger partial charge in [0.15, 0.2) is 0 Å². The minimum Gasteiger partial charge on any atom is -0.223 e. The van der Waals surface area contributed by atoms with Gasteiger partial charge in [-0.25, -0.2) is 13.2 Å². The predicted molar refractivity (Wildman–Crippen MR) is 45.3 cm³/mol. The Bertz CT molecular complexity index is 331. The molecule has 128 valence electrons. The van der Waals surface area contributed by atoms with E-state index < -0.39 is 48.9 Å². The van der Waals surface area contributed by atoms with Gasteiger partial charge >= 0.3 is 24.2 Å². The summed E-state index contributed by atoms with van der Waals surface area (Å²) >= 11 is 0. The molecule has 1 unspecified atom stereocenters. The van der Waals surface area contributed by atoms with E-state index in [9.17, 15) is 52.7 Å². The van der Waals surface area contributed by atoms with Crippen LogP contribution in [0.25, 0.3) is 0 Å². The zero-order valence-corrected chi connectivity index (χ0v) is 10.0. The first-order chi connectivity index (χ1) is 8.83. The maximum atomic E-state index is 13.0. The minimum absolute atomic E-state index is 0.134. The van der Waals surface area contributed by atoms with Gasteiger partial charge in [0, 0.05) is 6.42 Å². The van der Waals surface area contributed by atoms with Crippen molar-refractivity contribution in [3.63, 3.8) is 0 Å². The van der Waals surface area contributed by atoms with Crippen molar-refractivity contribution in [2.75, 3.05) is 0 Å². The molecule has 0 radical (unpaired) electrons. The van der Waals surface area contributed by atoms with E-state index in [1.807, 2.05) is 0 Å². The number of alkyl halides is 12. The van der Waals surface area contributed by atoms with E-state index in [0.29, 0.717) is 0 Å². The van der Waals surface area contributed by atoms with Crippen LogP contribution < -0.4 is 0 Å². The lowest BCUT2D eigenvalue weighted by atomic mass is 9.90. The molecule has 0 amide bonds. The summed E-state index contributed by atoms with van der Waals surface area (Å²) in [6.45, 7) is 0.134. The van der Waals surface area contributed by atoms with Crippen LogP contribution in [0.5, 0.6) is 0 Å². The molecule has 0 spiro atoms. The lowest BCUT2D eigenvalue weighted by Crippen LogP contribution is -2.56. The highest BCUT2D eigenvalue weighted by Crippen LogP contribution is 2.52. The molecule has 0 nitrogen and oxygen atoms in total. The van der Waals surface area contributed by atoms with Crippen molar-refractivity contribution in [3.05, 3.63) is 0 Å². The number of hydrogen-bond acceptors (Lipinski definition) is 0. The van der Waals surface area contributed by atoms with Gasteiger partial charge in [-0.15, -0.1) is 0 Å². The Morgan fingerprint density at radius 1 is 0.667 bits per heavy atom. The second kappa shape index (κ2) is 5.41. The van der Waals surface area contributed by atoms with Crippen LogP contribution in [-0.4, -0.2) is 30.1 Å². The third-order valence-corrected chi connectivity index (χ3v) is 2.56. The third kappa shape index (κ3) is 4.83. The molecule has 0 aliphatic rings. The van der Waals surface area contributed by atoms with Gasteiger partial charge in [-0.05, 0) is 0 Å². The van der Waals surface area contributed by atoms with Crippen LogP contribution >= 0.6 is 0 Å². The molecule has 0 rings (SSSR count). The molecule has 1 atom stereocenters. The third-order valence-electron chi connectivity index (χ3n) is 2.56. The SMILES string of the molecule is CC(CC(F)(F)CC(F)(C(F)(F)F)C(F)(F)F)C(F)(F)F. The summed E-state index contributed by atoms with van der Waals surface area (Å²) in [6.07, 6.45) is -24.6. The van der Waals surface area contributed by atoms with E-state index in [1.54, 1.807) is 0 Å². The van der Waals surface area contributed by atoms with Crippen molar-refractivity contribution in [2.45, 2.75) is 49.9 Å². The molecule has 0 fully saturated rings. The standard InChI is InChI=1S/C9H8F12/c1-4(7(13,14)15)2-5(10,11)3-6(12,8(16,17)18)9(19,20)21/h4H,2-3H2,1H3. The van der Waals surface area contributed by atoms with E-state index >= 15 is 0 Å². The first kappa shape index (κ1) is 20.2. The van der Waals surface area contributed by atoms with Crippen LogP contribution in [0.2, 0.25) is 0 Å². The quantitative estimate of drug-likeness (QED) is 0.597. The highest BCUT2D eigenvalue weighted by Gasteiger charge is 2.74. The molecule has 0 N–H and O–H groups in total. The smallest absolute Gasteiger partial charge is 0.223 e. The van der Waals surface area contributed by atoms with Gasteiger partial charge in [0.25, 0.3) is 5.92 Å². The Morgan fingerprint density at radius 2 is 1.00 bits per heavy atom. The molecule has 21 heavy (non-hydrogen) atoms. The fourth-order valence-electron chi connectivity index (χ4n) is 1.35. The zero-order valence-electron chi connectivity index (χ0n) is 10.0. The Balaban J connectivity index is 5.37. The van der Waals surface area contributed by atoms with Crippen LogP contribution in [0, 0.1) is 5.92 Å². The molecule has 12 heteroatoms. The van der Waals surface area contributed by atoms with Crippen molar-refractivity contribution in [3.8, 4) is 0 Å². The summed E-state index contributed by atoms with van der Waals surface area (Å²) < 4.78 is 147. The van der Waals surface area contributed by atoms with Gasteiger partial charge in [-0.2, -0.15) is 39.5 Å². The average molecular weight is 344 g/mol. The molecular weight excluding hydrogens is 336 g/mol. The van der Waals surface area contributed by atoms with Crippen LogP contribution in [-0.2, 0) is 0 Å². The first-order valence-corrected chi connectivity index (χ1v) is 5.10. The summed E-state index contributed by atoms with van der Waals surface area (Å²) in [6, 6.07) is 0. The lowest BCUT2D eigenvalue weighted by Gasteiger charge is -2.33. The molecule has 0 saturated carbocycles. The van der Waals surface area contributed by atoms with Crippen molar-refractivity contribution in [1.82, 2.24) is 0 Å². The van der Waals surface area contributed by atoms with Gasteiger partial charge < -0.3 is 0 Å². The highest BCUT2D eigenvalue weighted by atomic mass is 19.4. The van der Waals surface area contributed by atoms with E-state index in [0.717, 1.165) is 0 Å². The van der Waals surface area contributed by atoms with Crippen LogP contribution in [0.3, 0.4) is 0 Å². The normalized spacial score (nSPS) is 17.0. The van der Waals surface area contributed by atoms with Gasteiger partial charge in [0.1, 0.15) is 0 Å². The summed E-state index contributed by atoms with van der Waals surface area (Å²) in [4.78, 5) is 0. The second-order valence-corrected chi connectivity index (χ2v) is 4.48. The molecule has 0 aromatic rings. The topological polar surface area (TPSA) is 0 Å². The summed E-state index contributed by atoms with van der Waals surface area (Å²) in [5.41, 5.74) is -6.30. The molecule has 0 heterocycles. The van der Waals surface area contributed by atoms with E-state index in [1.165, 1.54) is 0 Å². The van der Waals surface area contributed by atoms with Crippen molar-refractivity contribution < 1.29 is 52.7 Å². The van der Waals surface area contributed by atoms with Crippen LogP contribution in [0.15, 0.2) is 0 Å².